The Morgan fingerprint density at radius 3 is 2.38 bits per heavy atom. The molecule has 0 aliphatic carbocycles. The zero-order chi connectivity index (χ0) is 21.0. The van der Waals surface area contributed by atoms with Gasteiger partial charge in [-0.05, 0) is 30.2 Å². The number of alkyl halides is 3. The van der Waals surface area contributed by atoms with Crippen LogP contribution in [0.4, 0.5) is 13.2 Å². The molecule has 0 radical (unpaired) electrons. The van der Waals surface area contributed by atoms with Crippen LogP contribution in [0.15, 0.2) is 22.5 Å². The Bertz CT molecular complexity index is 760. The van der Waals surface area contributed by atoms with E-state index in [0.29, 0.717) is 36.2 Å². The first-order valence-corrected chi connectivity index (χ1v) is 11.3. The molecule has 6 nitrogen and oxygen atoms in total. The van der Waals surface area contributed by atoms with Crippen LogP contribution in [-0.2, 0) is 15.4 Å². The summed E-state index contributed by atoms with van der Waals surface area (Å²) >= 11 is 1.69. The van der Waals surface area contributed by atoms with Crippen molar-refractivity contribution in [3.63, 3.8) is 0 Å². The fraction of sp³-hybridized carbons (Fsp3) is 0.706. The molecule has 0 saturated carbocycles. The lowest BCUT2D eigenvalue weighted by atomic mass is 9.91. The molecule has 12 heteroatoms. The summed E-state index contributed by atoms with van der Waals surface area (Å²) in [7, 11) is -3.57. The van der Waals surface area contributed by atoms with Crippen molar-refractivity contribution in [2.75, 3.05) is 33.2 Å². The van der Waals surface area contributed by atoms with E-state index in [0.717, 1.165) is 0 Å². The predicted octanol–water partition coefficient (Wildman–Crippen LogP) is 3.37. The molecule has 0 spiro atoms. The second-order valence-corrected chi connectivity index (χ2v) is 10.3. The van der Waals surface area contributed by atoms with E-state index in [1.165, 1.54) is 4.88 Å². The van der Waals surface area contributed by atoms with Crippen molar-refractivity contribution in [1.82, 2.24) is 14.9 Å². The van der Waals surface area contributed by atoms with E-state index in [1.807, 2.05) is 11.4 Å². The standard InChI is InChI=1S/C17H27F3N4O2S2.HI/c1-16(2,14-5-4-10-27-14)12-23-15(21-3)22-11-13-6-8-24(9-7-13)28(25,26)17(18,19)20;/h4-5,10,13H,6-9,11-12H2,1-3H3,(H2,21,22,23);1H. The van der Waals surface area contributed by atoms with Crippen LogP contribution < -0.4 is 10.6 Å². The molecule has 2 N–H and O–H groups in total. The first-order chi connectivity index (χ1) is 13.0. The molecule has 168 valence electrons. The maximum Gasteiger partial charge on any atom is 0.511 e. The van der Waals surface area contributed by atoms with Crippen molar-refractivity contribution >= 4 is 51.3 Å². The molecule has 1 aliphatic rings. The van der Waals surface area contributed by atoms with Gasteiger partial charge in [0.25, 0.3) is 0 Å². The van der Waals surface area contributed by atoms with Gasteiger partial charge in [-0.25, -0.2) is 8.42 Å². The normalized spacial score (nSPS) is 17.7. The molecule has 1 aliphatic heterocycles. The Balaban J connectivity index is 0.00000420. The lowest BCUT2D eigenvalue weighted by Gasteiger charge is -2.32. The highest BCUT2D eigenvalue weighted by molar-refractivity contribution is 14.0. The fourth-order valence-corrected chi connectivity index (χ4v) is 4.85. The number of piperidine rings is 1. The number of nitrogens with zero attached hydrogens (tertiary/aromatic N) is 2. The molecule has 1 fully saturated rings. The van der Waals surface area contributed by atoms with Crippen LogP contribution in [0.3, 0.4) is 0 Å². The third-order valence-corrected chi connectivity index (χ3v) is 7.74. The number of sulfonamides is 1. The Kier molecular flexibility index (Phi) is 9.68. The molecular weight excluding hydrogens is 540 g/mol. The van der Waals surface area contributed by atoms with Crippen LogP contribution in [0.5, 0.6) is 0 Å². The summed E-state index contributed by atoms with van der Waals surface area (Å²) in [5, 5.41) is 8.51. The van der Waals surface area contributed by atoms with Crippen molar-refractivity contribution in [3.8, 4) is 0 Å². The quantitative estimate of drug-likeness (QED) is 0.314. The monoisotopic (exact) mass is 568 g/mol. The molecule has 1 aromatic heterocycles. The molecule has 0 atom stereocenters. The summed E-state index contributed by atoms with van der Waals surface area (Å²) in [5.74, 6) is 0.707. The van der Waals surface area contributed by atoms with Gasteiger partial charge < -0.3 is 10.6 Å². The third-order valence-electron chi connectivity index (χ3n) is 4.87. The molecule has 0 amide bonds. The van der Waals surface area contributed by atoms with Gasteiger partial charge >= 0.3 is 15.5 Å². The third kappa shape index (κ3) is 6.96. The smallest absolute Gasteiger partial charge is 0.356 e. The lowest BCUT2D eigenvalue weighted by Crippen LogP contribution is -2.48. The fourth-order valence-electron chi connectivity index (χ4n) is 3.02. The van der Waals surface area contributed by atoms with Gasteiger partial charge in [0.1, 0.15) is 0 Å². The van der Waals surface area contributed by atoms with Gasteiger partial charge in [-0.1, -0.05) is 19.9 Å². The summed E-state index contributed by atoms with van der Waals surface area (Å²) in [4.78, 5) is 5.44. The van der Waals surface area contributed by atoms with Crippen LogP contribution in [0.1, 0.15) is 31.6 Å². The highest BCUT2D eigenvalue weighted by atomic mass is 127. The van der Waals surface area contributed by atoms with Gasteiger partial charge in [0.15, 0.2) is 5.96 Å². The van der Waals surface area contributed by atoms with Crippen molar-refractivity contribution in [3.05, 3.63) is 22.4 Å². The van der Waals surface area contributed by atoms with E-state index >= 15 is 0 Å². The van der Waals surface area contributed by atoms with E-state index in [1.54, 1.807) is 18.4 Å². The van der Waals surface area contributed by atoms with Crippen molar-refractivity contribution in [1.29, 1.82) is 0 Å². The zero-order valence-corrected chi connectivity index (χ0v) is 20.6. The minimum atomic E-state index is -5.24. The first kappa shape index (κ1) is 26.4. The first-order valence-electron chi connectivity index (χ1n) is 9.02. The summed E-state index contributed by atoms with van der Waals surface area (Å²) in [6.45, 7) is 5.23. The number of hydrogen-bond acceptors (Lipinski definition) is 4. The molecule has 1 saturated heterocycles. The second-order valence-electron chi connectivity index (χ2n) is 7.46. The SMILES string of the molecule is CN=C(NCC1CCN(S(=O)(=O)C(F)(F)F)CC1)NCC(C)(C)c1cccs1.I. The highest BCUT2D eigenvalue weighted by Crippen LogP contribution is 2.30. The van der Waals surface area contributed by atoms with Gasteiger partial charge in [0.05, 0.1) is 0 Å². The molecule has 0 aromatic carbocycles. The largest absolute Gasteiger partial charge is 0.511 e. The van der Waals surface area contributed by atoms with Gasteiger partial charge in [-0.3, -0.25) is 4.99 Å². The Morgan fingerprint density at radius 2 is 1.90 bits per heavy atom. The number of rotatable bonds is 6. The Labute approximate surface area is 191 Å². The minimum absolute atomic E-state index is 0. The van der Waals surface area contributed by atoms with Crippen LogP contribution in [0.2, 0.25) is 0 Å². The summed E-state index contributed by atoms with van der Waals surface area (Å²) < 4.78 is 61.3. The van der Waals surface area contributed by atoms with Crippen molar-refractivity contribution < 1.29 is 21.6 Å². The Morgan fingerprint density at radius 1 is 1.28 bits per heavy atom. The van der Waals surface area contributed by atoms with Gasteiger partial charge in [0.2, 0.25) is 0 Å². The van der Waals surface area contributed by atoms with Crippen LogP contribution >= 0.6 is 35.3 Å². The van der Waals surface area contributed by atoms with Gasteiger partial charge in [0, 0.05) is 43.5 Å². The van der Waals surface area contributed by atoms with Gasteiger partial charge in [-0.15, -0.1) is 35.3 Å². The van der Waals surface area contributed by atoms with Crippen LogP contribution in [0, 0.1) is 5.92 Å². The lowest BCUT2D eigenvalue weighted by molar-refractivity contribution is -0.0496. The number of aliphatic imine (C=N–C) groups is 1. The average Bonchev–Trinajstić information content (AvgIpc) is 3.17. The van der Waals surface area contributed by atoms with Crippen molar-refractivity contribution in [2.45, 2.75) is 37.6 Å². The molecule has 2 rings (SSSR count). The predicted molar refractivity (Wildman–Crippen MR) is 121 cm³/mol. The summed E-state index contributed by atoms with van der Waals surface area (Å²) in [6.07, 6.45) is 0.750. The van der Waals surface area contributed by atoms with E-state index < -0.39 is 15.5 Å². The minimum Gasteiger partial charge on any atom is -0.356 e. The van der Waals surface area contributed by atoms with Crippen LogP contribution in [0.25, 0.3) is 0 Å². The van der Waals surface area contributed by atoms with E-state index in [4.69, 9.17) is 0 Å². The Hall–Kier alpha value is -0.600. The van der Waals surface area contributed by atoms with Gasteiger partial charge in [-0.2, -0.15) is 17.5 Å². The number of nitrogens with one attached hydrogen (secondary N) is 2. The number of halogens is 4. The summed E-state index contributed by atoms with van der Waals surface area (Å²) in [6, 6.07) is 4.10. The van der Waals surface area contributed by atoms with E-state index in [-0.39, 0.29) is 48.4 Å². The van der Waals surface area contributed by atoms with E-state index in [9.17, 15) is 21.6 Å². The zero-order valence-electron chi connectivity index (χ0n) is 16.6. The topological polar surface area (TPSA) is 73.8 Å². The molecule has 0 bridgehead atoms. The highest BCUT2D eigenvalue weighted by Gasteiger charge is 2.50. The molecule has 0 unspecified atom stereocenters. The van der Waals surface area contributed by atoms with Crippen molar-refractivity contribution in [2.24, 2.45) is 10.9 Å². The average molecular weight is 568 g/mol. The second kappa shape index (κ2) is 10.6. The molecule has 29 heavy (non-hydrogen) atoms. The number of hydrogen-bond donors (Lipinski definition) is 2. The molecule has 2 heterocycles. The van der Waals surface area contributed by atoms with Crippen LogP contribution in [-0.4, -0.2) is 57.4 Å². The number of thiophene rings is 1. The summed E-state index contributed by atoms with van der Waals surface area (Å²) in [5.41, 5.74) is -5.30. The maximum atomic E-state index is 12.6. The molecule has 1 aromatic rings. The molecular formula is C17H28F3IN4O2S2. The number of guanidine groups is 1. The maximum absolute atomic E-state index is 12.6. The van der Waals surface area contributed by atoms with E-state index in [2.05, 4.69) is 35.5 Å².